The van der Waals surface area contributed by atoms with E-state index in [1.54, 1.807) is 6.92 Å². The van der Waals surface area contributed by atoms with Gasteiger partial charge in [0.05, 0.1) is 19.6 Å². The molecule has 1 unspecified atom stereocenters. The number of methoxy groups -OCH3 is 1. The molecule has 0 saturated heterocycles. The summed E-state index contributed by atoms with van der Waals surface area (Å²) >= 11 is 6.01. The van der Waals surface area contributed by atoms with Gasteiger partial charge in [-0.3, -0.25) is 9.79 Å². The Kier molecular flexibility index (Phi) is 7.74. The molecule has 0 amide bonds. The smallest absolute Gasteiger partial charge is 0.310 e. The third kappa shape index (κ3) is 5.93. The summed E-state index contributed by atoms with van der Waals surface area (Å²) < 4.78 is 4.72. The second-order valence-corrected chi connectivity index (χ2v) is 5.54. The molecule has 5 nitrogen and oxygen atoms in total. The standard InChI is InChI=1S/C16H24ClN3O2/c1-5-18-16(19-10-12(2)15(21)22-4)20(3)11-13-7-6-8-14(17)9-13/h6-9,12H,5,10-11H2,1-4H3,(H,18,19). The van der Waals surface area contributed by atoms with E-state index in [0.717, 1.165) is 18.1 Å². The van der Waals surface area contributed by atoms with Crippen molar-refractivity contribution in [1.82, 2.24) is 10.2 Å². The maximum absolute atomic E-state index is 11.4. The Balaban J connectivity index is 2.74. The van der Waals surface area contributed by atoms with Gasteiger partial charge in [-0.05, 0) is 24.6 Å². The highest BCUT2D eigenvalue weighted by Gasteiger charge is 2.14. The van der Waals surface area contributed by atoms with Crippen LogP contribution in [0.5, 0.6) is 0 Å². The highest BCUT2D eigenvalue weighted by Crippen LogP contribution is 2.12. The van der Waals surface area contributed by atoms with Crippen LogP contribution < -0.4 is 5.32 Å². The van der Waals surface area contributed by atoms with Gasteiger partial charge in [0.2, 0.25) is 0 Å². The molecule has 0 aliphatic rings. The molecule has 1 atom stereocenters. The molecule has 0 spiro atoms. The van der Waals surface area contributed by atoms with Crippen molar-refractivity contribution in [3.63, 3.8) is 0 Å². The number of hydrogen-bond acceptors (Lipinski definition) is 3. The van der Waals surface area contributed by atoms with Crippen LogP contribution in [0.1, 0.15) is 19.4 Å². The summed E-state index contributed by atoms with van der Waals surface area (Å²) in [5, 5.41) is 3.94. The molecule has 0 saturated carbocycles. The number of ether oxygens (including phenoxy) is 1. The third-order valence-electron chi connectivity index (χ3n) is 3.12. The van der Waals surface area contributed by atoms with Crippen molar-refractivity contribution in [2.24, 2.45) is 10.9 Å². The van der Waals surface area contributed by atoms with Crippen LogP contribution in [0, 0.1) is 5.92 Å². The lowest BCUT2D eigenvalue weighted by Crippen LogP contribution is -2.39. The molecule has 1 rings (SSSR count). The molecule has 6 heteroatoms. The van der Waals surface area contributed by atoms with E-state index in [1.807, 2.05) is 43.1 Å². The summed E-state index contributed by atoms with van der Waals surface area (Å²) in [7, 11) is 3.34. The normalized spacial score (nSPS) is 12.7. The molecule has 0 aliphatic carbocycles. The third-order valence-corrected chi connectivity index (χ3v) is 3.36. The van der Waals surface area contributed by atoms with E-state index < -0.39 is 0 Å². The number of guanidine groups is 1. The van der Waals surface area contributed by atoms with Gasteiger partial charge in [-0.2, -0.15) is 0 Å². The van der Waals surface area contributed by atoms with Gasteiger partial charge in [0, 0.05) is 25.2 Å². The molecule has 0 bridgehead atoms. The first-order chi connectivity index (χ1) is 10.5. The van der Waals surface area contributed by atoms with Crippen molar-refractivity contribution < 1.29 is 9.53 Å². The van der Waals surface area contributed by atoms with Crippen LogP contribution in [-0.2, 0) is 16.1 Å². The van der Waals surface area contributed by atoms with Gasteiger partial charge in [-0.25, -0.2) is 0 Å². The number of carbonyl (C=O) groups is 1. The van der Waals surface area contributed by atoms with E-state index >= 15 is 0 Å². The number of carbonyl (C=O) groups excluding carboxylic acids is 1. The monoisotopic (exact) mass is 325 g/mol. The van der Waals surface area contributed by atoms with E-state index in [-0.39, 0.29) is 11.9 Å². The molecule has 1 aromatic carbocycles. The first-order valence-corrected chi connectivity index (χ1v) is 7.67. The largest absolute Gasteiger partial charge is 0.469 e. The highest BCUT2D eigenvalue weighted by atomic mass is 35.5. The van der Waals surface area contributed by atoms with Crippen LogP contribution in [-0.4, -0.2) is 44.1 Å². The van der Waals surface area contributed by atoms with Crippen LogP contribution in [0.15, 0.2) is 29.3 Å². The number of aliphatic imine (C=N–C) groups is 1. The second-order valence-electron chi connectivity index (χ2n) is 5.10. The quantitative estimate of drug-likeness (QED) is 0.496. The van der Waals surface area contributed by atoms with E-state index in [9.17, 15) is 4.79 Å². The first kappa shape index (κ1) is 18.3. The minimum absolute atomic E-state index is 0.253. The summed E-state index contributed by atoms with van der Waals surface area (Å²) in [6.45, 7) is 5.63. The minimum Gasteiger partial charge on any atom is -0.469 e. The van der Waals surface area contributed by atoms with Crippen molar-refractivity contribution in [2.45, 2.75) is 20.4 Å². The number of nitrogens with one attached hydrogen (secondary N) is 1. The lowest BCUT2D eigenvalue weighted by molar-refractivity contribution is -0.144. The van der Waals surface area contributed by atoms with Gasteiger partial charge < -0.3 is 15.0 Å². The zero-order valence-corrected chi connectivity index (χ0v) is 14.4. The van der Waals surface area contributed by atoms with E-state index in [4.69, 9.17) is 16.3 Å². The van der Waals surface area contributed by atoms with Crippen molar-refractivity contribution >= 4 is 23.5 Å². The van der Waals surface area contributed by atoms with Gasteiger partial charge in [0.25, 0.3) is 0 Å². The first-order valence-electron chi connectivity index (χ1n) is 7.29. The number of esters is 1. The topological polar surface area (TPSA) is 53.9 Å². The van der Waals surface area contributed by atoms with Crippen LogP contribution >= 0.6 is 11.6 Å². The Labute approximate surface area is 137 Å². The molecule has 0 heterocycles. The second kappa shape index (κ2) is 9.30. The summed E-state index contributed by atoms with van der Waals surface area (Å²) in [5.41, 5.74) is 1.10. The van der Waals surface area contributed by atoms with Crippen molar-refractivity contribution in [2.75, 3.05) is 27.2 Å². The Bertz CT molecular complexity index is 520. The van der Waals surface area contributed by atoms with Crippen molar-refractivity contribution in [3.8, 4) is 0 Å². The number of hydrogen-bond donors (Lipinski definition) is 1. The van der Waals surface area contributed by atoms with Gasteiger partial charge in [-0.1, -0.05) is 30.7 Å². The highest BCUT2D eigenvalue weighted by molar-refractivity contribution is 6.30. The predicted octanol–water partition coefficient (Wildman–Crippen LogP) is 2.55. The summed E-state index contributed by atoms with van der Waals surface area (Å²) in [5.74, 6) is 0.230. The molecule has 22 heavy (non-hydrogen) atoms. The van der Waals surface area contributed by atoms with Crippen LogP contribution in [0.25, 0.3) is 0 Å². The fourth-order valence-electron chi connectivity index (χ4n) is 1.95. The molecule has 0 fully saturated rings. The van der Waals surface area contributed by atoms with Crippen molar-refractivity contribution in [1.29, 1.82) is 0 Å². The van der Waals surface area contributed by atoms with Crippen molar-refractivity contribution in [3.05, 3.63) is 34.9 Å². The van der Waals surface area contributed by atoms with E-state index in [1.165, 1.54) is 7.11 Å². The number of nitrogens with zero attached hydrogens (tertiary/aromatic N) is 2. The fourth-order valence-corrected chi connectivity index (χ4v) is 2.17. The Morgan fingerprint density at radius 1 is 1.50 bits per heavy atom. The molecule has 1 N–H and O–H groups in total. The Morgan fingerprint density at radius 2 is 2.23 bits per heavy atom. The Morgan fingerprint density at radius 3 is 2.82 bits per heavy atom. The average molecular weight is 326 g/mol. The molecular weight excluding hydrogens is 302 g/mol. The van der Waals surface area contributed by atoms with Gasteiger partial charge in [-0.15, -0.1) is 0 Å². The molecule has 0 aliphatic heterocycles. The Hall–Kier alpha value is -1.75. The number of benzene rings is 1. The van der Waals surface area contributed by atoms with E-state index in [2.05, 4.69) is 10.3 Å². The predicted molar refractivity (Wildman–Crippen MR) is 90.1 cm³/mol. The van der Waals surface area contributed by atoms with Crippen LogP contribution in [0.3, 0.4) is 0 Å². The molecular formula is C16H24ClN3O2. The molecule has 1 aromatic rings. The summed E-state index contributed by atoms with van der Waals surface area (Å²) in [6.07, 6.45) is 0. The number of halogens is 1. The molecule has 122 valence electrons. The van der Waals surface area contributed by atoms with Crippen LogP contribution in [0.4, 0.5) is 0 Å². The SMILES string of the molecule is CCNC(=NCC(C)C(=O)OC)N(C)Cc1cccc(Cl)c1. The van der Waals surface area contributed by atoms with Gasteiger partial charge in [0.15, 0.2) is 5.96 Å². The fraction of sp³-hybridized carbons (Fsp3) is 0.500. The van der Waals surface area contributed by atoms with Gasteiger partial charge >= 0.3 is 5.97 Å². The maximum atomic E-state index is 11.4. The zero-order valence-electron chi connectivity index (χ0n) is 13.6. The lowest BCUT2D eigenvalue weighted by atomic mass is 10.2. The summed E-state index contributed by atoms with van der Waals surface area (Å²) in [6, 6.07) is 7.72. The van der Waals surface area contributed by atoms with E-state index in [0.29, 0.717) is 18.1 Å². The molecule has 0 radical (unpaired) electrons. The van der Waals surface area contributed by atoms with Crippen LogP contribution in [0.2, 0.25) is 5.02 Å². The molecule has 0 aromatic heterocycles. The van der Waals surface area contributed by atoms with Gasteiger partial charge in [0.1, 0.15) is 0 Å². The minimum atomic E-state index is -0.266. The average Bonchev–Trinajstić information content (AvgIpc) is 2.50. The maximum Gasteiger partial charge on any atom is 0.310 e. The lowest BCUT2D eigenvalue weighted by Gasteiger charge is -2.22. The zero-order chi connectivity index (χ0) is 16.5. The number of rotatable bonds is 6. The summed E-state index contributed by atoms with van der Waals surface area (Å²) in [4.78, 5) is 17.9.